The predicted octanol–water partition coefficient (Wildman–Crippen LogP) is 5.58. The number of hydrogen-bond donors (Lipinski definition) is 3. The fraction of sp³-hybridized carbons (Fsp3) is 0.125. The maximum Gasteiger partial charge on any atom is 0.258 e. The summed E-state index contributed by atoms with van der Waals surface area (Å²) in [5, 5.41) is 6.44. The number of carbonyl (C=O) groups is 1. The summed E-state index contributed by atoms with van der Waals surface area (Å²) in [6.45, 7) is 3.95. The molecule has 0 radical (unpaired) electrons. The number of benzene rings is 3. The number of rotatable bonds is 4. The lowest BCUT2D eigenvalue weighted by molar-refractivity contribution is -0.110. The van der Waals surface area contributed by atoms with Gasteiger partial charge in [-0.3, -0.25) is 4.79 Å². The highest BCUT2D eigenvalue weighted by molar-refractivity contribution is 9.10. The number of halogens is 1. The summed E-state index contributed by atoms with van der Waals surface area (Å²) in [7, 11) is 0. The van der Waals surface area contributed by atoms with Crippen LogP contribution in [0.2, 0.25) is 0 Å². The van der Waals surface area contributed by atoms with E-state index >= 15 is 0 Å². The topological polar surface area (TPSA) is 67.1 Å². The van der Waals surface area contributed by atoms with Crippen LogP contribution in [0, 0.1) is 0 Å². The van der Waals surface area contributed by atoms with Crippen LogP contribution in [0.3, 0.4) is 0 Å². The van der Waals surface area contributed by atoms with Crippen LogP contribution in [-0.2, 0) is 10.3 Å². The van der Waals surface area contributed by atoms with E-state index in [4.69, 9.17) is 5.73 Å². The van der Waals surface area contributed by atoms with E-state index in [1.54, 1.807) is 0 Å². The largest absolute Gasteiger partial charge is 0.354 e. The summed E-state index contributed by atoms with van der Waals surface area (Å²) in [6.07, 6.45) is 0. The molecule has 0 fully saturated rings. The van der Waals surface area contributed by atoms with Crippen LogP contribution in [0.1, 0.15) is 30.5 Å². The average molecular weight is 448 g/mol. The molecule has 4 N–H and O–H groups in total. The minimum Gasteiger partial charge on any atom is -0.354 e. The van der Waals surface area contributed by atoms with Gasteiger partial charge in [0.1, 0.15) is 0 Å². The van der Waals surface area contributed by atoms with Crippen molar-refractivity contribution < 1.29 is 4.79 Å². The molecular weight excluding hydrogens is 426 g/mol. The number of fused-ring (bicyclic) bond motifs is 1. The third-order valence-corrected chi connectivity index (χ3v) is 5.43. The molecule has 1 amide bonds. The molecule has 1 aliphatic heterocycles. The number of anilines is 2. The molecule has 0 atom stereocenters. The summed E-state index contributed by atoms with van der Waals surface area (Å²) in [6, 6.07) is 23.7. The van der Waals surface area contributed by atoms with Crippen molar-refractivity contribution in [3.63, 3.8) is 0 Å². The van der Waals surface area contributed by atoms with Gasteiger partial charge in [0.25, 0.3) is 5.91 Å². The number of hydrogen-bond acceptors (Lipinski definition) is 3. The van der Waals surface area contributed by atoms with Gasteiger partial charge >= 0.3 is 0 Å². The van der Waals surface area contributed by atoms with Crippen molar-refractivity contribution in [2.75, 3.05) is 10.6 Å². The quantitative estimate of drug-likeness (QED) is 0.457. The zero-order valence-electron chi connectivity index (χ0n) is 16.3. The minimum atomic E-state index is -0.406. The standard InChI is InChI=1S/C24H22BrN3O/c1-24(2,26)16-8-11-18(12-9-16)27-22(15-6-4-3-5-7-15)21-19-13-10-17(25)14-20(19)28-23(21)29/h3-14,27H,26H2,1-2H3,(H,28,29)/b22-21-. The van der Waals surface area contributed by atoms with Gasteiger partial charge in [-0.25, -0.2) is 0 Å². The zero-order chi connectivity index (χ0) is 20.6. The van der Waals surface area contributed by atoms with E-state index in [0.717, 1.165) is 38.2 Å². The van der Waals surface area contributed by atoms with E-state index in [1.807, 2.05) is 86.6 Å². The molecule has 4 nitrogen and oxygen atoms in total. The Hall–Kier alpha value is -2.89. The van der Waals surface area contributed by atoms with Crippen LogP contribution < -0.4 is 16.4 Å². The lowest BCUT2D eigenvalue weighted by Crippen LogP contribution is -2.28. The number of nitrogens with one attached hydrogen (secondary N) is 2. The van der Waals surface area contributed by atoms with Crippen molar-refractivity contribution in [2.24, 2.45) is 5.73 Å². The van der Waals surface area contributed by atoms with Gasteiger partial charge in [0.05, 0.1) is 17.0 Å². The first-order chi connectivity index (χ1) is 13.8. The van der Waals surface area contributed by atoms with Gasteiger partial charge in [0.2, 0.25) is 0 Å². The van der Waals surface area contributed by atoms with Gasteiger partial charge in [0.15, 0.2) is 0 Å². The maximum absolute atomic E-state index is 12.9. The maximum atomic E-state index is 12.9. The molecule has 5 heteroatoms. The molecule has 3 aromatic rings. The van der Waals surface area contributed by atoms with Gasteiger partial charge in [-0.1, -0.05) is 64.5 Å². The van der Waals surface area contributed by atoms with Crippen molar-refractivity contribution in [1.29, 1.82) is 0 Å². The molecule has 0 aliphatic carbocycles. The number of carbonyl (C=O) groups excluding carboxylic acids is 1. The number of amides is 1. The average Bonchev–Trinajstić information content (AvgIpc) is 3.01. The van der Waals surface area contributed by atoms with Gasteiger partial charge in [0, 0.05) is 21.3 Å². The Bertz CT molecular complexity index is 1100. The van der Waals surface area contributed by atoms with Crippen LogP contribution in [0.15, 0.2) is 77.3 Å². The van der Waals surface area contributed by atoms with Crippen LogP contribution in [0.5, 0.6) is 0 Å². The second-order valence-corrected chi connectivity index (χ2v) is 8.60. The van der Waals surface area contributed by atoms with Gasteiger partial charge < -0.3 is 16.4 Å². The SMILES string of the molecule is CC(C)(N)c1ccc(N/C(=C2\C(=O)Nc3cc(Br)ccc32)c2ccccc2)cc1. The summed E-state index contributed by atoms with van der Waals surface area (Å²) in [5.41, 5.74) is 11.7. The first-order valence-corrected chi connectivity index (χ1v) is 10.2. The van der Waals surface area contributed by atoms with Crippen LogP contribution in [-0.4, -0.2) is 5.91 Å². The third kappa shape index (κ3) is 3.97. The van der Waals surface area contributed by atoms with E-state index in [-0.39, 0.29) is 5.91 Å². The molecule has 0 saturated heterocycles. The van der Waals surface area contributed by atoms with Crippen LogP contribution in [0.25, 0.3) is 11.3 Å². The van der Waals surface area contributed by atoms with Crippen molar-refractivity contribution in [1.82, 2.24) is 0 Å². The first-order valence-electron chi connectivity index (χ1n) is 9.40. The van der Waals surface area contributed by atoms with Crippen LogP contribution in [0.4, 0.5) is 11.4 Å². The van der Waals surface area contributed by atoms with Crippen molar-refractivity contribution in [3.8, 4) is 0 Å². The van der Waals surface area contributed by atoms with Crippen LogP contribution >= 0.6 is 15.9 Å². The highest BCUT2D eigenvalue weighted by Crippen LogP contribution is 2.38. The first kappa shape index (κ1) is 19.4. The fourth-order valence-corrected chi connectivity index (χ4v) is 3.77. The Morgan fingerprint density at radius 1 is 1.00 bits per heavy atom. The van der Waals surface area contributed by atoms with E-state index in [9.17, 15) is 4.79 Å². The van der Waals surface area contributed by atoms with Gasteiger partial charge in [-0.15, -0.1) is 0 Å². The Morgan fingerprint density at radius 3 is 2.34 bits per heavy atom. The normalized spacial score (nSPS) is 15.0. The molecule has 3 aromatic carbocycles. The molecule has 0 aromatic heterocycles. The Kier molecular flexibility index (Phi) is 5.03. The van der Waals surface area contributed by atoms with Gasteiger partial charge in [-0.05, 0) is 49.2 Å². The van der Waals surface area contributed by atoms with E-state index in [2.05, 4.69) is 26.6 Å². The molecule has 29 heavy (non-hydrogen) atoms. The zero-order valence-corrected chi connectivity index (χ0v) is 17.9. The third-order valence-electron chi connectivity index (χ3n) is 4.94. The van der Waals surface area contributed by atoms with E-state index in [0.29, 0.717) is 5.57 Å². The summed E-state index contributed by atoms with van der Waals surface area (Å²) in [4.78, 5) is 12.9. The highest BCUT2D eigenvalue weighted by atomic mass is 79.9. The van der Waals surface area contributed by atoms with E-state index < -0.39 is 5.54 Å². The summed E-state index contributed by atoms with van der Waals surface area (Å²) >= 11 is 3.47. The molecule has 0 spiro atoms. The Balaban J connectivity index is 1.82. The van der Waals surface area contributed by atoms with Crippen molar-refractivity contribution >= 4 is 44.5 Å². The molecule has 0 saturated carbocycles. The lowest BCUT2D eigenvalue weighted by Gasteiger charge is -2.20. The summed E-state index contributed by atoms with van der Waals surface area (Å²) in [5.74, 6) is -0.121. The monoisotopic (exact) mass is 447 g/mol. The highest BCUT2D eigenvalue weighted by Gasteiger charge is 2.28. The lowest BCUT2D eigenvalue weighted by atomic mass is 9.95. The molecule has 1 heterocycles. The van der Waals surface area contributed by atoms with Crippen molar-refractivity contribution in [2.45, 2.75) is 19.4 Å². The Labute approximate surface area is 179 Å². The van der Waals surface area contributed by atoms with E-state index in [1.165, 1.54) is 0 Å². The minimum absolute atomic E-state index is 0.121. The Morgan fingerprint density at radius 2 is 1.69 bits per heavy atom. The van der Waals surface area contributed by atoms with Gasteiger partial charge in [-0.2, -0.15) is 0 Å². The van der Waals surface area contributed by atoms with Crippen molar-refractivity contribution in [3.05, 3.63) is 94.0 Å². The number of nitrogens with two attached hydrogens (primary N) is 1. The predicted molar refractivity (Wildman–Crippen MR) is 123 cm³/mol. The molecular formula is C24H22BrN3O. The molecule has 0 bridgehead atoms. The second kappa shape index (κ2) is 7.50. The molecule has 4 rings (SSSR count). The fourth-order valence-electron chi connectivity index (χ4n) is 3.40. The second-order valence-electron chi connectivity index (χ2n) is 7.68. The molecule has 0 unspecified atom stereocenters. The smallest absolute Gasteiger partial charge is 0.258 e. The summed E-state index contributed by atoms with van der Waals surface area (Å²) < 4.78 is 0.923. The molecule has 1 aliphatic rings. The molecule has 146 valence electrons.